The van der Waals surface area contributed by atoms with Crippen LogP contribution in [0.3, 0.4) is 0 Å². The van der Waals surface area contributed by atoms with Crippen LogP contribution in [0.15, 0.2) is 36.4 Å². The monoisotopic (exact) mass is 399 g/mol. The number of hydrogen-bond donors (Lipinski definition) is 5. The van der Waals surface area contributed by atoms with Gasteiger partial charge in [-0.1, -0.05) is 30.3 Å². The third kappa shape index (κ3) is 4.04. The van der Waals surface area contributed by atoms with Gasteiger partial charge in [0.1, 0.15) is 30.5 Å². The summed E-state index contributed by atoms with van der Waals surface area (Å²) >= 11 is 0. The van der Waals surface area contributed by atoms with Gasteiger partial charge in [-0.05, 0) is 60.1 Å². The molecule has 2 aromatic rings. The predicted molar refractivity (Wildman–Crippen MR) is 110 cm³/mol. The summed E-state index contributed by atoms with van der Waals surface area (Å²) in [5.74, 6) is 0. The molecular weight excluding hydrogens is 370 g/mol. The molecule has 5 N–H and O–H groups in total. The Morgan fingerprint density at radius 3 is 2.66 bits per heavy atom. The van der Waals surface area contributed by atoms with E-state index in [9.17, 15) is 20.4 Å². The van der Waals surface area contributed by atoms with Crippen molar-refractivity contribution in [1.82, 2.24) is 0 Å². The van der Waals surface area contributed by atoms with Gasteiger partial charge in [-0.3, -0.25) is 0 Å². The smallest absolute Gasteiger partial charge is 0.113 e. The Hall–Kier alpha value is -1.96. The van der Waals surface area contributed by atoms with Crippen LogP contribution in [0.4, 0.5) is 5.69 Å². The lowest BCUT2D eigenvalue weighted by molar-refractivity contribution is -0.231. The van der Waals surface area contributed by atoms with Crippen molar-refractivity contribution in [3.63, 3.8) is 0 Å². The van der Waals surface area contributed by atoms with Crippen LogP contribution >= 0.6 is 0 Å². The molecule has 0 radical (unpaired) electrons. The number of rotatable bonds is 4. The molecule has 0 unspecified atom stereocenters. The molecule has 0 amide bonds. The van der Waals surface area contributed by atoms with E-state index in [1.807, 2.05) is 25.1 Å². The van der Waals surface area contributed by atoms with Gasteiger partial charge in [-0.2, -0.15) is 0 Å². The Balaban J connectivity index is 1.59. The molecule has 0 aliphatic carbocycles. The molecule has 2 aromatic carbocycles. The molecule has 0 aromatic heterocycles. The van der Waals surface area contributed by atoms with Gasteiger partial charge in [-0.25, -0.2) is 0 Å². The molecule has 0 spiro atoms. The first-order valence-electron chi connectivity index (χ1n) is 10.2. The van der Waals surface area contributed by atoms with Crippen LogP contribution in [0.25, 0.3) is 0 Å². The maximum Gasteiger partial charge on any atom is 0.113 e. The third-order valence-corrected chi connectivity index (χ3v) is 6.10. The molecule has 0 saturated carbocycles. The lowest BCUT2D eigenvalue weighted by Gasteiger charge is -2.40. The van der Waals surface area contributed by atoms with Gasteiger partial charge in [0.05, 0.1) is 6.61 Å². The Kier molecular flexibility index (Phi) is 5.90. The van der Waals surface area contributed by atoms with E-state index in [-0.39, 0.29) is 0 Å². The van der Waals surface area contributed by atoms with Crippen LogP contribution in [0, 0.1) is 6.92 Å². The molecule has 2 aliphatic rings. The van der Waals surface area contributed by atoms with Crippen molar-refractivity contribution >= 4 is 5.69 Å². The number of aliphatic hydroxyl groups excluding tert-OH is 4. The Bertz CT molecular complexity index is 868. The zero-order valence-corrected chi connectivity index (χ0v) is 16.6. The van der Waals surface area contributed by atoms with Crippen molar-refractivity contribution in [1.29, 1.82) is 0 Å². The zero-order chi connectivity index (χ0) is 20.5. The van der Waals surface area contributed by atoms with Crippen LogP contribution in [0.2, 0.25) is 0 Å². The second-order valence-corrected chi connectivity index (χ2v) is 8.13. The van der Waals surface area contributed by atoms with Crippen molar-refractivity contribution < 1.29 is 25.2 Å². The second kappa shape index (κ2) is 8.42. The maximum atomic E-state index is 10.4. The largest absolute Gasteiger partial charge is 0.394 e. The summed E-state index contributed by atoms with van der Waals surface area (Å²) in [5, 5.41) is 43.4. The molecule has 0 bridgehead atoms. The van der Waals surface area contributed by atoms with Gasteiger partial charge >= 0.3 is 0 Å². The quantitative estimate of drug-likeness (QED) is 0.534. The molecular formula is C23H29NO5. The Morgan fingerprint density at radius 2 is 1.86 bits per heavy atom. The van der Waals surface area contributed by atoms with Crippen molar-refractivity contribution in [2.75, 3.05) is 18.5 Å². The first kappa shape index (κ1) is 20.3. The van der Waals surface area contributed by atoms with E-state index in [1.165, 1.54) is 16.8 Å². The standard InChI is InChI=1S/C23H29NO5/c1-13-4-6-16(23-22(28)21(27)20(26)19(12-25)29-23)11-17(13)9-14-5-7-15-3-2-8-24-18(15)10-14/h4-7,10-11,19-28H,2-3,8-9,12H2,1H3/t19-,20+,21-,22+,23-/m0/s1. The average molecular weight is 399 g/mol. The summed E-state index contributed by atoms with van der Waals surface area (Å²) in [4.78, 5) is 0. The van der Waals surface area contributed by atoms with Crippen LogP contribution < -0.4 is 5.32 Å². The van der Waals surface area contributed by atoms with Gasteiger partial charge in [0.2, 0.25) is 0 Å². The molecule has 1 fully saturated rings. The summed E-state index contributed by atoms with van der Waals surface area (Å²) in [5.41, 5.74) is 6.72. The number of ether oxygens (including phenoxy) is 1. The Labute approximate surface area is 170 Å². The van der Waals surface area contributed by atoms with Gasteiger partial charge in [-0.15, -0.1) is 0 Å². The van der Waals surface area contributed by atoms with Gasteiger partial charge in [0.25, 0.3) is 0 Å². The number of aliphatic hydroxyl groups is 4. The minimum Gasteiger partial charge on any atom is -0.394 e. The molecule has 6 heteroatoms. The highest BCUT2D eigenvalue weighted by atomic mass is 16.5. The number of fused-ring (bicyclic) bond motifs is 1. The summed E-state index contributed by atoms with van der Waals surface area (Å²) in [6.45, 7) is 2.62. The van der Waals surface area contributed by atoms with Crippen LogP contribution in [0.1, 0.15) is 40.3 Å². The van der Waals surface area contributed by atoms with Crippen molar-refractivity contribution in [2.45, 2.75) is 56.7 Å². The zero-order valence-electron chi connectivity index (χ0n) is 16.6. The topological polar surface area (TPSA) is 102 Å². The summed E-state index contributed by atoms with van der Waals surface area (Å²) in [6, 6.07) is 12.4. The summed E-state index contributed by atoms with van der Waals surface area (Å²) in [7, 11) is 0. The van der Waals surface area contributed by atoms with E-state index in [2.05, 4.69) is 23.5 Å². The highest BCUT2D eigenvalue weighted by Gasteiger charge is 2.43. The van der Waals surface area contributed by atoms with Crippen molar-refractivity contribution in [2.24, 2.45) is 0 Å². The lowest BCUT2D eigenvalue weighted by Crippen LogP contribution is -2.55. The SMILES string of the molecule is Cc1ccc([C@@H]2O[C@@H](CO)[C@@H](O)[C@H](O)[C@H]2O)cc1Cc1ccc2c(c1)NCCC2. The lowest BCUT2D eigenvalue weighted by atomic mass is 9.89. The van der Waals surface area contributed by atoms with E-state index in [4.69, 9.17) is 4.74 Å². The van der Waals surface area contributed by atoms with Crippen LogP contribution in [-0.2, 0) is 17.6 Å². The van der Waals surface area contributed by atoms with E-state index in [0.29, 0.717) is 0 Å². The first-order valence-corrected chi connectivity index (χ1v) is 10.2. The minimum absolute atomic E-state index is 0.428. The summed E-state index contributed by atoms with van der Waals surface area (Å²) in [6.07, 6.45) is -2.70. The van der Waals surface area contributed by atoms with Crippen LogP contribution in [0.5, 0.6) is 0 Å². The van der Waals surface area contributed by atoms with E-state index >= 15 is 0 Å². The van der Waals surface area contributed by atoms with Crippen molar-refractivity contribution in [3.05, 3.63) is 64.2 Å². The van der Waals surface area contributed by atoms with E-state index in [0.717, 1.165) is 42.5 Å². The number of aryl methyl sites for hydroxylation is 2. The van der Waals surface area contributed by atoms with E-state index in [1.54, 1.807) is 0 Å². The molecule has 2 heterocycles. The molecule has 4 rings (SSSR count). The number of nitrogens with one attached hydrogen (secondary N) is 1. The van der Waals surface area contributed by atoms with Gasteiger partial charge in [0.15, 0.2) is 0 Å². The molecule has 6 nitrogen and oxygen atoms in total. The highest BCUT2D eigenvalue weighted by molar-refractivity contribution is 5.55. The van der Waals surface area contributed by atoms with E-state index < -0.39 is 37.1 Å². The fraction of sp³-hybridized carbons (Fsp3) is 0.478. The van der Waals surface area contributed by atoms with Crippen LogP contribution in [-0.4, -0.2) is 58.0 Å². The first-order chi connectivity index (χ1) is 14.0. The van der Waals surface area contributed by atoms with Crippen molar-refractivity contribution in [3.8, 4) is 0 Å². The average Bonchev–Trinajstić information content (AvgIpc) is 2.74. The molecule has 156 valence electrons. The minimum atomic E-state index is -1.37. The molecule has 5 atom stereocenters. The predicted octanol–water partition coefficient (Wildman–Crippen LogP) is 1.46. The fourth-order valence-corrected chi connectivity index (χ4v) is 4.27. The van der Waals surface area contributed by atoms with Gasteiger partial charge < -0.3 is 30.5 Å². The second-order valence-electron chi connectivity index (χ2n) is 8.13. The fourth-order valence-electron chi connectivity index (χ4n) is 4.27. The maximum absolute atomic E-state index is 10.4. The number of anilines is 1. The third-order valence-electron chi connectivity index (χ3n) is 6.10. The highest BCUT2D eigenvalue weighted by Crippen LogP contribution is 2.34. The van der Waals surface area contributed by atoms with Gasteiger partial charge in [0, 0.05) is 12.2 Å². The number of hydrogen-bond acceptors (Lipinski definition) is 6. The normalized spacial score (nSPS) is 29.2. The molecule has 1 saturated heterocycles. The molecule has 29 heavy (non-hydrogen) atoms. The number of benzene rings is 2. The Morgan fingerprint density at radius 1 is 1.03 bits per heavy atom. The summed E-state index contributed by atoms with van der Waals surface area (Å²) < 4.78 is 5.72. The molecule has 2 aliphatic heterocycles.